The lowest BCUT2D eigenvalue weighted by molar-refractivity contribution is -0.121. The van der Waals surface area contributed by atoms with Gasteiger partial charge in [-0.3, -0.25) is 9.59 Å². The first kappa shape index (κ1) is 25.8. The zero-order valence-electron chi connectivity index (χ0n) is 20.0. The lowest BCUT2D eigenvalue weighted by Crippen LogP contribution is -2.25. The predicted molar refractivity (Wildman–Crippen MR) is 137 cm³/mol. The molecule has 0 bridgehead atoms. The van der Waals surface area contributed by atoms with Gasteiger partial charge in [-0.05, 0) is 53.6 Å². The molecular formula is C27H24ClFN4O4. The molecular weight excluding hydrogens is 499 g/mol. The van der Waals surface area contributed by atoms with Crippen LogP contribution in [0, 0.1) is 5.82 Å². The third kappa shape index (κ3) is 7.14. The second kappa shape index (κ2) is 12.1. The van der Waals surface area contributed by atoms with E-state index >= 15 is 0 Å². The maximum Gasteiger partial charge on any atom is 0.273 e. The van der Waals surface area contributed by atoms with Crippen LogP contribution in [0.2, 0.25) is 5.02 Å². The summed E-state index contributed by atoms with van der Waals surface area (Å²) in [6.07, 6.45) is 0.149. The van der Waals surface area contributed by atoms with E-state index in [4.69, 9.17) is 21.1 Å². The fourth-order valence-corrected chi connectivity index (χ4v) is 3.76. The first-order valence-electron chi connectivity index (χ1n) is 11.4. The van der Waals surface area contributed by atoms with Gasteiger partial charge >= 0.3 is 0 Å². The summed E-state index contributed by atoms with van der Waals surface area (Å²) in [5, 5.41) is 11.4. The van der Waals surface area contributed by atoms with Crippen LogP contribution < -0.4 is 20.3 Å². The van der Waals surface area contributed by atoms with Gasteiger partial charge in [-0.25, -0.2) is 4.39 Å². The van der Waals surface area contributed by atoms with Gasteiger partial charge in [0.2, 0.25) is 5.91 Å². The smallest absolute Gasteiger partial charge is 0.273 e. The van der Waals surface area contributed by atoms with E-state index < -0.39 is 5.56 Å². The van der Waals surface area contributed by atoms with E-state index in [1.165, 1.54) is 19.2 Å². The molecule has 10 heteroatoms. The lowest BCUT2D eigenvalue weighted by Gasteiger charge is -2.12. The van der Waals surface area contributed by atoms with E-state index in [1.807, 2.05) is 18.2 Å². The standard InChI is InChI=1S/C27H24ClFN4O4/c1-36-24-14-19(8-10-23(24)37-16-18-5-2-6-20(28)12-18)26-31-27(35)22(32-33-26)9-11-25(34)30-15-17-4-3-7-21(29)13-17/h2-8,10,12-14H,9,11,15-16H2,1H3,(H,30,34)(H,31,33,35). The normalized spacial score (nSPS) is 10.7. The van der Waals surface area contributed by atoms with Gasteiger partial charge in [0.1, 0.15) is 18.1 Å². The van der Waals surface area contributed by atoms with Crippen molar-refractivity contribution in [1.29, 1.82) is 0 Å². The number of H-pyrrole nitrogens is 1. The molecule has 190 valence electrons. The monoisotopic (exact) mass is 522 g/mol. The Morgan fingerprint density at radius 1 is 1.03 bits per heavy atom. The molecule has 1 aromatic heterocycles. The highest BCUT2D eigenvalue weighted by Crippen LogP contribution is 2.31. The number of ether oxygens (including phenoxy) is 2. The molecule has 0 fully saturated rings. The Morgan fingerprint density at radius 3 is 2.59 bits per heavy atom. The van der Waals surface area contributed by atoms with Crippen LogP contribution in [0.3, 0.4) is 0 Å². The van der Waals surface area contributed by atoms with E-state index in [9.17, 15) is 14.0 Å². The second-order valence-corrected chi connectivity index (χ2v) is 8.58. The molecule has 2 N–H and O–H groups in total. The number of carbonyl (C=O) groups excluding carboxylic acids is 1. The average molecular weight is 523 g/mol. The Morgan fingerprint density at radius 2 is 1.84 bits per heavy atom. The molecule has 0 aliphatic carbocycles. The Balaban J connectivity index is 1.37. The molecule has 0 atom stereocenters. The molecule has 4 aromatic rings. The van der Waals surface area contributed by atoms with Crippen molar-refractivity contribution >= 4 is 17.5 Å². The van der Waals surface area contributed by atoms with Gasteiger partial charge in [0.25, 0.3) is 5.56 Å². The van der Waals surface area contributed by atoms with Crippen molar-refractivity contribution in [3.05, 3.63) is 105 Å². The number of methoxy groups -OCH3 is 1. The zero-order valence-corrected chi connectivity index (χ0v) is 20.7. The Labute approximate surface area is 217 Å². The predicted octanol–water partition coefficient (Wildman–Crippen LogP) is 4.46. The highest BCUT2D eigenvalue weighted by molar-refractivity contribution is 6.30. The van der Waals surface area contributed by atoms with Gasteiger partial charge in [0.05, 0.1) is 7.11 Å². The topological polar surface area (TPSA) is 106 Å². The molecule has 1 heterocycles. The van der Waals surface area contributed by atoms with Crippen LogP contribution >= 0.6 is 11.6 Å². The molecule has 0 aliphatic heterocycles. The van der Waals surface area contributed by atoms with Crippen LogP contribution in [0.5, 0.6) is 11.5 Å². The molecule has 0 unspecified atom stereocenters. The van der Waals surface area contributed by atoms with E-state index in [0.717, 1.165) is 5.56 Å². The summed E-state index contributed by atoms with van der Waals surface area (Å²) in [7, 11) is 1.52. The zero-order chi connectivity index (χ0) is 26.2. The number of rotatable bonds is 10. The summed E-state index contributed by atoms with van der Waals surface area (Å²) in [6, 6.07) is 18.5. The highest BCUT2D eigenvalue weighted by atomic mass is 35.5. The number of aryl methyl sites for hydroxylation is 1. The number of hydrogen-bond acceptors (Lipinski definition) is 6. The number of amides is 1. The SMILES string of the molecule is COc1cc(-c2nnc(CCC(=O)NCc3cccc(F)c3)c(=O)[nH]2)ccc1OCc1cccc(Cl)c1. The van der Waals surface area contributed by atoms with Crippen molar-refractivity contribution < 1.29 is 18.7 Å². The number of nitrogens with one attached hydrogen (secondary N) is 2. The van der Waals surface area contributed by atoms with Gasteiger partial charge < -0.3 is 19.8 Å². The summed E-state index contributed by atoms with van der Waals surface area (Å²) >= 11 is 6.02. The number of carbonyl (C=O) groups is 1. The Bertz CT molecular complexity index is 1460. The van der Waals surface area contributed by atoms with E-state index in [1.54, 1.807) is 36.4 Å². The van der Waals surface area contributed by atoms with Gasteiger partial charge in [-0.1, -0.05) is 35.9 Å². The number of aromatic nitrogens is 3. The van der Waals surface area contributed by atoms with Crippen LogP contribution in [-0.2, 0) is 24.4 Å². The lowest BCUT2D eigenvalue weighted by atomic mass is 10.2. The third-order valence-electron chi connectivity index (χ3n) is 5.45. The van der Waals surface area contributed by atoms with Crippen LogP contribution in [0.15, 0.2) is 71.5 Å². The third-order valence-corrected chi connectivity index (χ3v) is 5.69. The van der Waals surface area contributed by atoms with Gasteiger partial charge in [-0.2, -0.15) is 0 Å². The van der Waals surface area contributed by atoms with E-state index in [0.29, 0.717) is 34.3 Å². The number of nitrogens with zero attached hydrogens (tertiary/aromatic N) is 2. The average Bonchev–Trinajstić information content (AvgIpc) is 2.90. The largest absolute Gasteiger partial charge is 0.493 e. The highest BCUT2D eigenvalue weighted by Gasteiger charge is 2.13. The molecule has 37 heavy (non-hydrogen) atoms. The molecule has 0 saturated carbocycles. The molecule has 0 saturated heterocycles. The molecule has 1 amide bonds. The minimum atomic E-state index is -0.441. The second-order valence-electron chi connectivity index (χ2n) is 8.14. The first-order valence-corrected chi connectivity index (χ1v) is 11.8. The summed E-state index contributed by atoms with van der Waals surface area (Å²) in [5.41, 5.74) is 1.83. The molecule has 4 rings (SSSR count). The molecule has 3 aromatic carbocycles. The molecule has 0 aliphatic rings. The maximum absolute atomic E-state index is 13.3. The van der Waals surface area contributed by atoms with Crippen molar-refractivity contribution in [3.8, 4) is 22.9 Å². The molecule has 0 spiro atoms. The van der Waals surface area contributed by atoms with Crippen molar-refractivity contribution in [2.24, 2.45) is 0 Å². The molecule has 0 radical (unpaired) electrons. The van der Waals surface area contributed by atoms with E-state index in [-0.39, 0.29) is 42.6 Å². The number of benzene rings is 3. The van der Waals surface area contributed by atoms with Gasteiger partial charge in [0.15, 0.2) is 17.3 Å². The van der Waals surface area contributed by atoms with Crippen molar-refractivity contribution in [2.45, 2.75) is 26.0 Å². The van der Waals surface area contributed by atoms with Crippen molar-refractivity contribution in [1.82, 2.24) is 20.5 Å². The Kier molecular flexibility index (Phi) is 8.48. The number of halogens is 2. The molecule has 8 nitrogen and oxygen atoms in total. The fourth-order valence-electron chi connectivity index (χ4n) is 3.54. The minimum absolute atomic E-state index is 0.0406. The minimum Gasteiger partial charge on any atom is -0.493 e. The van der Waals surface area contributed by atoms with Crippen LogP contribution in [0.1, 0.15) is 23.2 Å². The number of aromatic amines is 1. The van der Waals surface area contributed by atoms with Crippen LogP contribution in [-0.4, -0.2) is 28.2 Å². The van der Waals surface area contributed by atoms with E-state index in [2.05, 4.69) is 20.5 Å². The van der Waals surface area contributed by atoms with Crippen molar-refractivity contribution in [2.75, 3.05) is 7.11 Å². The van der Waals surface area contributed by atoms with Gasteiger partial charge in [-0.15, -0.1) is 10.2 Å². The summed E-state index contributed by atoms with van der Waals surface area (Å²) in [4.78, 5) is 27.4. The van der Waals surface area contributed by atoms with Crippen LogP contribution in [0.4, 0.5) is 4.39 Å². The Hall–Kier alpha value is -4.24. The summed E-state index contributed by atoms with van der Waals surface area (Å²) < 4.78 is 24.6. The quantitative estimate of drug-likeness (QED) is 0.318. The van der Waals surface area contributed by atoms with Crippen molar-refractivity contribution in [3.63, 3.8) is 0 Å². The summed E-state index contributed by atoms with van der Waals surface area (Å²) in [6.45, 7) is 0.496. The van der Waals surface area contributed by atoms with Crippen LogP contribution in [0.25, 0.3) is 11.4 Å². The maximum atomic E-state index is 13.3. The summed E-state index contributed by atoms with van der Waals surface area (Å²) in [5.74, 6) is 0.575. The first-order chi connectivity index (χ1) is 17.9. The van der Waals surface area contributed by atoms with Gasteiger partial charge in [0, 0.05) is 30.0 Å². The fraction of sp³-hybridized carbons (Fsp3) is 0.185. The number of hydrogen-bond donors (Lipinski definition) is 2.